The third-order valence-corrected chi connectivity index (χ3v) is 3.15. The van der Waals surface area contributed by atoms with Crippen LogP contribution in [0.25, 0.3) is 0 Å². The van der Waals surface area contributed by atoms with Gasteiger partial charge in [0.1, 0.15) is 0 Å². The summed E-state index contributed by atoms with van der Waals surface area (Å²) in [6.45, 7) is 0. The maximum atomic E-state index is 10.7. The number of nitro benzene ring substituents is 1. The summed E-state index contributed by atoms with van der Waals surface area (Å²) < 4.78 is 0. The van der Waals surface area contributed by atoms with Gasteiger partial charge >= 0.3 is 5.97 Å². The standard InChI is InChI=1S/C11H13NO4S/c13-11(14)6-8-17-7-5-9-3-1-2-4-10(9)12(15)16/h1-4H,5-8H2,(H,13,14). The molecule has 0 spiro atoms. The number of aryl methyl sites for hydroxylation is 1. The normalized spacial score (nSPS) is 10.1. The van der Waals surface area contributed by atoms with E-state index in [0.29, 0.717) is 23.5 Å². The molecule has 0 saturated heterocycles. The van der Waals surface area contributed by atoms with E-state index in [4.69, 9.17) is 5.11 Å². The van der Waals surface area contributed by atoms with Crippen molar-refractivity contribution in [2.24, 2.45) is 0 Å². The van der Waals surface area contributed by atoms with E-state index in [9.17, 15) is 14.9 Å². The van der Waals surface area contributed by atoms with Crippen LogP contribution in [0, 0.1) is 10.1 Å². The number of hydrogen-bond acceptors (Lipinski definition) is 4. The molecule has 0 radical (unpaired) electrons. The molecule has 0 aromatic heterocycles. The molecule has 0 atom stereocenters. The topological polar surface area (TPSA) is 80.4 Å². The molecule has 17 heavy (non-hydrogen) atoms. The molecule has 1 N–H and O–H groups in total. The molecule has 0 unspecified atom stereocenters. The highest BCUT2D eigenvalue weighted by molar-refractivity contribution is 7.99. The number of carbonyl (C=O) groups is 1. The van der Waals surface area contributed by atoms with Crippen molar-refractivity contribution in [3.8, 4) is 0 Å². The van der Waals surface area contributed by atoms with Gasteiger partial charge in [-0.05, 0) is 12.2 Å². The van der Waals surface area contributed by atoms with Gasteiger partial charge in [-0.1, -0.05) is 18.2 Å². The summed E-state index contributed by atoms with van der Waals surface area (Å²) in [7, 11) is 0. The number of rotatable bonds is 7. The predicted octanol–water partition coefficient (Wildman–Crippen LogP) is 2.35. The Hall–Kier alpha value is -1.56. The summed E-state index contributed by atoms with van der Waals surface area (Å²) in [5, 5.41) is 19.2. The second-order valence-electron chi connectivity index (χ2n) is 3.39. The van der Waals surface area contributed by atoms with Crippen molar-refractivity contribution in [3.63, 3.8) is 0 Å². The molecule has 0 aliphatic heterocycles. The number of aliphatic carboxylic acids is 1. The summed E-state index contributed by atoms with van der Waals surface area (Å²) in [4.78, 5) is 20.6. The van der Waals surface area contributed by atoms with Gasteiger partial charge in [0.2, 0.25) is 0 Å². The first-order valence-corrected chi connectivity index (χ1v) is 6.28. The van der Waals surface area contributed by atoms with Crippen molar-refractivity contribution in [2.75, 3.05) is 11.5 Å². The van der Waals surface area contributed by atoms with Crippen LogP contribution in [0.3, 0.4) is 0 Å². The van der Waals surface area contributed by atoms with Crippen LogP contribution in [0.5, 0.6) is 0 Å². The molecule has 1 aromatic rings. The van der Waals surface area contributed by atoms with Crippen molar-refractivity contribution in [2.45, 2.75) is 12.8 Å². The second kappa shape index (κ2) is 6.90. The number of hydrogen-bond donors (Lipinski definition) is 1. The average molecular weight is 255 g/mol. The predicted molar refractivity (Wildman–Crippen MR) is 66.4 cm³/mol. The van der Waals surface area contributed by atoms with Gasteiger partial charge in [0.15, 0.2) is 0 Å². The highest BCUT2D eigenvalue weighted by Crippen LogP contribution is 2.19. The van der Waals surface area contributed by atoms with Gasteiger partial charge in [-0.25, -0.2) is 0 Å². The Morgan fingerprint density at radius 1 is 1.35 bits per heavy atom. The number of para-hydroxylation sites is 1. The lowest BCUT2D eigenvalue weighted by molar-refractivity contribution is -0.385. The summed E-state index contributed by atoms with van der Waals surface area (Å²) >= 11 is 1.49. The van der Waals surface area contributed by atoms with Crippen molar-refractivity contribution >= 4 is 23.4 Å². The van der Waals surface area contributed by atoms with Crippen LogP contribution in [0.15, 0.2) is 24.3 Å². The van der Waals surface area contributed by atoms with Gasteiger partial charge in [-0.2, -0.15) is 11.8 Å². The lowest BCUT2D eigenvalue weighted by Crippen LogP contribution is -1.99. The van der Waals surface area contributed by atoms with Gasteiger partial charge in [-0.15, -0.1) is 0 Å². The van der Waals surface area contributed by atoms with E-state index < -0.39 is 10.9 Å². The van der Waals surface area contributed by atoms with Crippen molar-refractivity contribution < 1.29 is 14.8 Å². The minimum absolute atomic E-state index is 0.127. The molecule has 0 saturated carbocycles. The highest BCUT2D eigenvalue weighted by atomic mass is 32.2. The Bertz CT molecular complexity index is 408. The lowest BCUT2D eigenvalue weighted by Gasteiger charge is -2.02. The molecule has 92 valence electrons. The van der Waals surface area contributed by atoms with Crippen molar-refractivity contribution in [1.29, 1.82) is 0 Å². The Labute approximate surface area is 103 Å². The molecule has 0 aliphatic rings. The summed E-state index contributed by atoms with van der Waals surface area (Å²) in [6, 6.07) is 6.62. The number of nitrogens with zero attached hydrogens (tertiary/aromatic N) is 1. The van der Waals surface area contributed by atoms with Crippen molar-refractivity contribution in [3.05, 3.63) is 39.9 Å². The van der Waals surface area contributed by atoms with Crippen LogP contribution in [0.1, 0.15) is 12.0 Å². The minimum atomic E-state index is -0.816. The Kier molecular flexibility index (Phi) is 5.48. The zero-order valence-electron chi connectivity index (χ0n) is 9.17. The first-order valence-electron chi connectivity index (χ1n) is 5.13. The largest absolute Gasteiger partial charge is 0.481 e. The number of carboxylic acid groups (broad SMARTS) is 1. The van der Waals surface area contributed by atoms with Crippen molar-refractivity contribution in [1.82, 2.24) is 0 Å². The molecule has 0 aliphatic carbocycles. The van der Waals surface area contributed by atoms with Gasteiger partial charge in [0.25, 0.3) is 5.69 Å². The summed E-state index contributed by atoms with van der Waals surface area (Å²) in [5.74, 6) is 0.414. The van der Waals surface area contributed by atoms with Gasteiger partial charge in [0, 0.05) is 17.4 Å². The first kappa shape index (κ1) is 13.5. The van der Waals surface area contributed by atoms with E-state index in [-0.39, 0.29) is 12.1 Å². The fourth-order valence-electron chi connectivity index (χ4n) is 1.34. The van der Waals surface area contributed by atoms with Crippen LogP contribution in [-0.2, 0) is 11.2 Å². The fraction of sp³-hybridized carbons (Fsp3) is 0.364. The fourth-order valence-corrected chi connectivity index (χ4v) is 2.23. The molecule has 6 heteroatoms. The molecule has 0 amide bonds. The molecule has 0 fully saturated rings. The van der Waals surface area contributed by atoms with Gasteiger partial charge < -0.3 is 5.11 Å². The molecule has 0 heterocycles. The Morgan fingerprint density at radius 2 is 2.06 bits per heavy atom. The number of carboxylic acids is 1. The number of nitro groups is 1. The van der Waals surface area contributed by atoms with E-state index in [0.717, 1.165) is 0 Å². The monoisotopic (exact) mass is 255 g/mol. The van der Waals surface area contributed by atoms with Gasteiger partial charge in [0.05, 0.1) is 11.3 Å². The molecule has 5 nitrogen and oxygen atoms in total. The minimum Gasteiger partial charge on any atom is -0.481 e. The van der Waals surface area contributed by atoms with Gasteiger partial charge in [-0.3, -0.25) is 14.9 Å². The zero-order chi connectivity index (χ0) is 12.7. The average Bonchev–Trinajstić information content (AvgIpc) is 2.28. The smallest absolute Gasteiger partial charge is 0.304 e. The third kappa shape index (κ3) is 4.86. The third-order valence-electron chi connectivity index (χ3n) is 2.16. The van der Waals surface area contributed by atoms with Crippen LogP contribution in [-0.4, -0.2) is 27.5 Å². The molecule has 1 aromatic carbocycles. The summed E-state index contributed by atoms with van der Waals surface area (Å²) in [5.41, 5.74) is 0.826. The maximum Gasteiger partial charge on any atom is 0.304 e. The Morgan fingerprint density at radius 3 is 2.71 bits per heavy atom. The molecule has 1 rings (SSSR count). The molecular formula is C11H13NO4S. The molecular weight excluding hydrogens is 242 g/mol. The van der Waals surface area contributed by atoms with Crippen LogP contribution < -0.4 is 0 Å². The quantitative estimate of drug-likeness (QED) is 0.459. The molecule has 0 bridgehead atoms. The van der Waals surface area contributed by atoms with E-state index in [1.807, 2.05) is 0 Å². The Balaban J connectivity index is 2.41. The SMILES string of the molecule is O=C(O)CCSCCc1ccccc1[N+](=O)[O-]. The van der Waals surface area contributed by atoms with Crippen LogP contribution in [0.2, 0.25) is 0 Å². The number of benzene rings is 1. The highest BCUT2D eigenvalue weighted by Gasteiger charge is 2.11. The first-order chi connectivity index (χ1) is 8.11. The summed E-state index contributed by atoms with van der Waals surface area (Å²) in [6.07, 6.45) is 0.711. The zero-order valence-corrected chi connectivity index (χ0v) is 9.98. The lowest BCUT2D eigenvalue weighted by atomic mass is 10.1. The van der Waals surface area contributed by atoms with E-state index >= 15 is 0 Å². The van der Waals surface area contributed by atoms with E-state index in [1.54, 1.807) is 18.2 Å². The maximum absolute atomic E-state index is 10.7. The van der Waals surface area contributed by atoms with E-state index in [1.165, 1.54) is 17.8 Å². The van der Waals surface area contributed by atoms with E-state index in [2.05, 4.69) is 0 Å². The van der Waals surface area contributed by atoms with Crippen LogP contribution >= 0.6 is 11.8 Å². The second-order valence-corrected chi connectivity index (χ2v) is 4.62. The van der Waals surface area contributed by atoms with Crippen LogP contribution in [0.4, 0.5) is 5.69 Å². The number of thioether (sulfide) groups is 1.